The molecule has 170 valence electrons. The molecule has 2 aliphatic heterocycles. The maximum Gasteiger partial charge on any atom is 0.174 e. The van der Waals surface area contributed by atoms with Crippen LogP contribution in [0.25, 0.3) is 0 Å². The number of carbonyl (C=O) groups is 1. The second kappa shape index (κ2) is 11.7. The Hall–Kier alpha value is -1.80. The molecule has 1 saturated heterocycles. The maximum atomic E-state index is 13.2. The largest absolute Gasteiger partial charge is 0.396 e. The lowest BCUT2D eigenvalue weighted by molar-refractivity contribution is -0.121. The molecular weight excluding hydrogens is 412 g/mol. The summed E-state index contributed by atoms with van der Waals surface area (Å²) in [5, 5.41) is 25.6. The SMILES string of the molecule is C=C(NC1NC(/C=C/CCO)=C(C(=O)C2CCOCC2)S1)C1=CCC(CC)C(CO)=C1. The zero-order valence-corrected chi connectivity index (χ0v) is 19.0. The normalized spacial score (nSPS) is 24.7. The molecule has 0 spiro atoms. The van der Waals surface area contributed by atoms with Crippen LogP contribution in [0.5, 0.6) is 0 Å². The molecule has 4 N–H and O–H groups in total. The van der Waals surface area contributed by atoms with Gasteiger partial charge in [0.2, 0.25) is 0 Å². The fourth-order valence-corrected chi connectivity index (χ4v) is 5.23. The Labute approximate surface area is 189 Å². The number of carbonyl (C=O) groups excluding carboxylic acids is 1. The number of hydrogen-bond donors (Lipinski definition) is 4. The molecule has 0 aromatic heterocycles. The summed E-state index contributed by atoms with van der Waals surface area (Å²) in [5.74, 6) is 0.530. The maximum absolute atomic E-state index is 13.2. The van der Waals surface area contributed by atoms with E-state index >= 15 is 0 Å². The molecule has 0 aromatic carbocycles. The summed E-state index contributed by atoms with van der Waals surface area (Å²) < 4.78 is 5.41. The Kier molecular flexibility index (Phi) is 9.02. The van der Waals surface area contributed by atoms with Crippen molar-refractivity contribution in [3.63, 3.8) is 0 Å². The number of hydrogen-bond acceptors (Lipinski definition) is 7. The number of aliphatic hydroxyl groups is 2. The van der Waals surface area contributed by atoms with Gasteiger partial charge >= 0.3 is 0 Å². The van der Waals surface area contributed by atoms with Crippen LogP contribution >= 0.6 is 11.8 Å². The molecule has 31 heavy (non-hydrogen) atoms. The Bertz CT molecular complexity index is 793. The fraction of sp³-hybridized carbons (Fsp3) is 0.542. The van der Waals surface area contributed by atoms with E-state index in [-0.39, 0.29) is 30.4 Å². The third-order valence-electron chi connectivity index (χ3n) is 5.98. The van der Waals surface area contributed by atoms with Gasteiger partial charge in [0.15, 0.2) is 11.3 Å². The van der Waals surface area contributed by atoms with Crippen LogP contribution in [0.3, 0.4) is 0 Å². The summed E-state index contributed by atoms with van der Waals surface area (Å²) in [5.41, 5.74) is 3.36. The Morgan fingerprint density at radius 1 is 1.39 bits per heavy atom. The topological polar surface area (TPSA) is 90.8 Å². The van der Waals surface area contributed by atoms with Crippen molar-refractivity contribution in [1.82, 2.24) is 10.6 Å². The average molecular weight is 447 g/mol. The Morgan fingerprint density at radius 3 is 2.84 bits per heavy atom. The van der Waals surface area contributed by atoms with Gasteiger partial charge in [-0.1, -0.05) is 43.5 Å². The second-order valence-electron chi connectivity index (χ2n) is 8.05. The highest BCUT2D eigenvalue weighted by Gasteiger charge is 2.33. The zero-order chi connectivity index (χ0) is 22.2. The van der Waals surface area contributed by atoms with Gasteiger partial charge in [0.1, 0.15) is 0 Å². The second-order valence-corrected chi connectivity index (χ2v) is 9.17. The first-order chi connectivity index (χ1) is 15.1. The molecule has 0 radical (unpaired) electrons. The van der Waals surface area contributed by atoms with Crippen molar-refractivity contribution >= 4 is 17.5 Å². The van der Waals surface area contributed by atoms with Gasteiger partial charge in [-0.2, -0.15) is 0 Å². The summed E-state index contributed by atoms with van der Waals surface area (Å²) in [6.45, 7) is 7.71. The highest BCUT2D eigenvalue weighted by molar-refractivity contribution is 8.04. The van der Waals surface area contributed by atoms with Crippen LogP contribution in [-0.2, 0) is 9.53 Å². The van der Waals surface area contributed by atoms with Gasteiger partial charge in [-0.05, 0) is 55.2 Å². The van der Waals surface area contributed by atoms with Crippen molar-refractivity contribution in [2.24, 2.45) is 11.8 Å². The smallest absolute Gasteiger partial charge is 0.174 e. The number of ether oxygens (including phenoxy) is 1. The van der Waals surface area contributed by atoms with E-state index in [4.69, 9.17) is 9.84 Å². The molecule has 1 fully saturated rings. The van der Waals surface area contributed by atoms with Gasteiger partial charge in [0.05, 0.1) is 17.2 Å². The third-order valence-corrected chi connectivity index (χ3v) is 7.11. The van der Waals surface area contributed by atoms with Crippen molar-refractivity contribution < 1.29 is 19.7 Å². The fourth-order valence-electron chi connectivity index (χ4n) is 4.07. The van der Waals surface area contributed by atoms with Crippen LogP contribution in [0.15, 0.2) is 58.3 Å². The molecule has 3 rings (SSSR count). The molecule has 3 aliphatic rings. The number of ketones is 1. The van der Waals surface area contributed by atoms with Crippen molar-refractivity contribution in [2.45, 2.75) is 44.5 Å². The van der Waals surface area contributed by atoms with Gasteiger partial charge in [0.25, 0.3) is 0 Å². The van der Waals surface area contributed by atoms with E-state index in [9.17, 15) is 9.90 Å². The summed E-state index contributed by atoms with van der Waals surface area (Å²) in [6, 6.07) is 0. The van der Waals surface area contributed by atoms with Gasteiger partial charge < -0.3 is 25.6 Å². The molecule has 6 nitrogen and oxygen atoms in total. The minimum Gasteiger partial charge on any atom is -0.396 e. The van der Waals surface area contributed by atoms with E-state index in [1.165, 1.54) is 11.8 Å². The first-order valence-electron chi connectivity index (χ1n) is 11.1. The minimum absolute atomic E-state index is 0.0108. The van der Waals surface area contributed by atoms with Crippen molar-refractivity contribution in [1.29, 1.82) is 0 Å². The summed E-state index contributed by atoms with van der Waals surface area (Å²) in [6.07, 6.45) is 11.9. The van der Waals surface area contributed by atoms with Crippen molar-refractivity contribution in [3.05, 3.63) is 58.3 Å². The molecule has 0 aromatic rings. The van der Waals surface area contributed by atoms with Gasteiger partial charge in [-0.25, -0.2) is 0 Å². The predicted molar refractivity (Wildman–Crippen MR) is 125 cm³/mol. The molecule has 1 aliphatic carbocycles. The summed E-state index contributed by atoms with van der Waals surface area (Å²) >= 11 is 1.48. The highest BCUT2D eigenvalue weighted by atomic mass is 32.2. The molecule has 2 heterocycles. The molecule has 7 heteroatoms. The quantitative estimate of drug-likeness (QED) is 0.410. The van der Waals surface area contributed by atoms with E-state index in [0.717, 1.165) is 53.1 Å². The number of allylic oxidation sites excluding steroid dienone is 4. The number of aliphatic hydroxyl groups excluding tert-OH is 2. The van der Waals surface area contributed by atoms with Crippen LogP contribution in [0.2, 0.25) is 0 Å². The number of nitrogens with one attached hydrogen (secondary N) is 2. The van der Waals surface area contributed by atoms with E-state index in [1.54, 1.807) is 0 Å². The summed E-state index contributed by atoms with van der Waals surface area (Å²) in [4.78, 5) is 13.9. The van der Waals surface area contributed by atoms with Crippen LogP contribution in [-0.4, -0.2) is 47.9 Å². The predicted octanol–water partition coefficient (Wildman–Crippen LogP) is 3.13. The lowest BCUT2D eigenvalue weighted by Crippen LogP contribution is -2.35. The van der Waals surface area contributed by atoms with Crippen LogP contribution in [0.1, 0.15) is 39.0 Å². The molecule has 2 atom stereocenters. The monoisotopic (exact) mass is 446 g/mol. The van der Waals surface area contributed by atoms with E-state index in [0.29, 0.717) is 25.6 Å². The standard InChI is InChI=1S/C24H34N2O4S/c1-3-17-7-8-19(14-20(17)15-28)16(2)25-24-26-21(6-4-5-11-27)23(31-24)22(29)18-9-12-30-13-10-18/h4,6,8,14,17-18,24-28H,2-3,5,7,9-13,15H2,1H3/b6-4+. The van der Waals surface area contributed by atoms with Crippen LogP contribution < -0.4 is 10.6 Å². The highest BCUT2D eigenvalue weighted by Crippen LogP contribution is 2.36. The number of thioether (sulfide) groups is 1. The van der Waals surface area contributed by atoms with Crippen molar-refractivity contribution in [3.8, 4) is 0 Å². The third kappa shape index (κ3) is 6.13. The van der Waals surface area contributed by atoms with E-state index < -0.39 is 0 Å². The average Bonchev–Trinajstić information content (AvgIpc) is 3.21. The molecule has 0 saturated carbocycles. The first kappa shape index (κ1) is 23.9. The number of Topliss-reactive ketones (excluding diaryl/α,β-unsaturated/α-hetero) is 1. The number of rotatable bonds is 10. The molecular formula is C24H34N2O4S. The van der Waals surface area contributed by atoms with E-state index in [2.05, 4.69) is 30.2 Å². The van der Waals surface area contributed by atoms with Gasteiger partial charge in [-0.3, -0.25) is 4.79 Å². The minimum atomic E-state index is -0.212. The summed E-state index contributed by atoms with van der Waals surface area (Å²) in [7, 11) is 0. The first-order valence-corrected chi connectivity index (χ1v) is 12.0. The van der Waals surface area contributed by atoms with Gasteiger partial charge in [-0.15, -0.1) is 0 Å². The Balaban J connectivity index is 1.68. The molecule has 2 unspecified atom stereocenters. The van der Waals surface area contributed by atoms with Crippen molar-refractivity contribution in [2.75, 3.05) is 26.4 Å². The molecule has 0 amide bonds. The Morgan fingerprint density at radius 2 is 2.16 bits per heavy atom. The van der Waals surface area contributed by atoms with Crippen LogP contribution in [0.4, 0.5) is 0 Å². The lowest BCUT2D eigenvalue weighted by Gasteiger charge is -2.24. The zero-order valence-electron chi connectivity index (χ0n) is 18.2. The van der Waals surface area contributed by atoms with Crippen LogP contribution in [0, 0.1) is 11.8 Å². The van der Waals surface area contributed by atoms with E-state index in [1.807, 2.05) is 18.2 Å². The lowest BCUT2D eigenvalue weighted by atomic mass is 9.86. The molecule has 0 bridgehead atoms. The van der Waals surface area contributed by atoms with Gasteiger partial charge in [0, 0.05) is 31.4 Å².